The first-order chi connectivity index (χ1) is 12.7. The highest BCUT2D eigenvalue weighted by atomic mass is 19.1. The highest BCUT2D eigenvalue weighted by molar-refractivity contribution is 6.00. The summed E-state index contributed by atoms with van der Waals surface area (Å²) in [6.45, 7) is 6.24. The van der Waals surface area contributed by atoms with E-state index in [1.807, 2.05) is 4.90 Å². The Hall–Kier alpha value is -2.80. The fourth-order valence-electron chi connectivity index (χ4n) is 3.35. The zero-order valence-corrected chi connectivity index (χ0v) is 14.6. The average Bonchev–Trinajstić information content (AvgIpc) is 3.12. The van der Waals surface area contributed by atoms with Crippen molar-refractivity contribution >= 4 is 11.6 Å². The third-order valence-electron chi connectivity index (χ3n) is 4.89. The normalized spacial score (nSPS) is 15.5. The summed E-state index contributed by atoms with van der Waals surface area (Å²) in [5.74, 6) is -0.409. The summed E-state index contributed by atoms with van der Waals surface area (Å²) in [5.41, 5.74) is 1.91. The van der Waals surface area contributed by atoms with Gasteiger partial charge in [0.2, 0.25) is 0 Å². The first kappa shape index (κ1) is 16.7. The minimum atomic E-state index is -0.334. The monoisotopic (exact) mass is 353 g/mol. The average molecular weight is 353 g/mol. The number of aromatic nitrogens is 3. The van der Waals surface area contributed by atoms with Crippen LogP contribution in [-0.2, 0) is 0 Å². The van der Waals surface area contributed by atoms with Crippen LogP contribution in [-0.4, -0.2) is 63.0 Å². The molecule has 1 aliphatic rings. The van der Waals surface area contributed by atoms with Gasteiger partial charge >= 0.3 is 0 Å². The number of carbonyl (C=O) groups excluding carboxylic acids is 1. The number of piperazine rings is 1. The smallest absolute Gasteiger partial charge is 0.259 e. The Labute approximate surface area is 150 Å². The van der Waals surface area contributed by atoms with Gasteiger partial charge in [-0.3, -0.25) is 4.79 Å². The Morgan fingerprint density at radius 1 is 1.15 bits per heavy atom. The van der Waals surface area contributed by atoms with E-state index in [9.17, 15) is 9.18 Å². The lowest BCUT2D eigenvalue weighted by molar-refractivity contribution is 0.0645. The molecule has 0 radical (unpaired) electrons. The van der Waals surface area contributed by atoms with Gasteiger partial charge in [0.05, 0.1) is 11.9 Å². The van der Waals surface area contributed by atoms with Gasteiger partial charge in [0.25, 0.3) is 5.91 Å². The molecular weight excluding hydrogens is 333 g/mol. The van der Waals surface area contributed by atoms with E-state index in [-0.39, 0.29) is 11.7 Å². The molecule has 134 valence electrons. The molecule has 7 heteroatoms. The van der Waals surface area contributed by atoms with E-state index in [0.717, 1.165) is 19.6 Å². The Morgan fingerprint density at radius 3 is 2.65 bits per heavy atom. The van der Waals surface area contributed by atoms with Crippen LogP contribution in [0.1, 0.15) is 17.3 Å². The largest absolute Gasteiger partial charge is 0.336 e. The molecule has 0 aliphatic carbocycles. The first-order valence-corrected chi connectivity index (χ1v) is 8.78. The van der Waals surface area contributed by atoms with Crippen molar-refractivity contribution in [3.63, 3.8) is 0 Å². The molecule has 0 bridgehead atoms. The van der Waals surface area contributed by atoms with E-state index < -0.39 is 0 Å². The number of fused-ring (bicyclic) bond motifs is 1. The number of benzene rings is 1. The SMILES string of the molecule is CCN1CCN(C(=O)c2cnn3c(-c4ccccc4F)ccnc23)CC1. The molecule has 4 rings (SSSR count). The van der Waals surface area contributed by atoms with Crippen LogP contribution in [0.15, 0.2) is 42.7 Å². The number of likely N-dealkylation sites (N-methyl/N-ethyl adjacent to an activating group) is 1. The maximum Gasteiger partial charge on any atom is 0.259 e. The number of hydrogen-bond donors (Lipinski definition) is 0. The topological polar surface area (TPSA) is 53.7 Å². The van der Waals surface area contributed by atoms with Crippen molar-refractivity contribution in [2.24, 2.45) is 0 Å². The number of carbonyl (C=O) groups is 1. The van der Waals surface area contributed by atoms with Gasteiger partial charge in [-0.2, -0.15) is 5.10 Å². The van der Waals surface area contributed by atoms with Crippen molar-refractivity contribution in [2.45, 2.75) is 6.92 Å². The Bertz CT molecular complexity index is 946. The fraction of sp³-hybridized carbons (Fsp3) is 0.316. The summed E-state index contributed by atoms with van der Waals surface area (Å²) in [7, 11) is 0. The predicted molar refractivity (Wildman–Crippen MR) is 96.4 cm³/mol. The van der Waals surface area contributed by atoms with Gasteiger partial charge in [-0.25, -0.2) is 13.9 Å². The van der Waals surface area contributed by atoms with Crippen molar-refractivity contribution in [2.75, 3.05) is 32.7 Å². The third kappa shape index (κ3) is 2.84. The second-order valence-corrected chi connectivity index (χ2v) is 6.33. The molecule has 3 heterocycles. The van der Waals surface area contributed by atoms with E-state index in [2.05, 4.69) is 21.9 Å². The predicted octanol–water partition coefficient (Wildman–Crippen LogP) is 2.31. The van der Waals surface area contributed by atoms with Crippen LogP contribution in [0.25, 0.3) is 16.9 Å². The molecule has 6 nitrogen and oxygen atoms in total. The second-order valence-electron chi connectivity index (χ2n) is 6.33. The van der Waals surface area contributed by atoms with Crippen LogP contribution < -0.4 is 0 Å². The van der Waals surface area contributed by atoms with Crippen molar-refractivity contribution in [3.8, 4) is 11.3 Å². The number of halogens is 1. The van der Waals surface area contributed by atoms with Gasteiger partial charge in [-0.05, 0) is 24.7 Å². The highest BCUT2D eigenvalue weighted by Crippen LogP contribution is 2.24. The minimum absolute atomic E-state index is 0.0751. The zero-order chi connectivity index (χ0) is 18.1. The van der Waals surface area contributed by atoms with Crippen LogP contribution >= 0.6 is 0 Å². The van der Waals surface area contributed by atoms with Crippen molar-refractivity contribution in [1.29, 1.82) is 0 Å². The summed E-state index contributed by atoms with van der Waals surface area (Å²) in [5, 5.41) is 4.31. The lowest BCUT2D eigenvalue weighted by Crippen LogP contribution is -2.48. The van der Waals surface area contributed by atoms with Crippen LogP contribution in [0, 0.1) is 5.82 Å². The summed E-state index contributed by atoms with van der Waals surface area (Å²) in [6, 6.07) is 8.22. The number of nitrogens with zero attached hydrogens (tertiary/aromatic N) is 5. The van der Waals surface area contributed by atoms with Gasteiger partial charge in [0, 0.05) is 37.9 Å². The molecule has 0 atom stereocenters. The van der Waals surface area contributed by atoms with Gasteiger partial charge < -0.3 is 9.80 Å². The summed E-state index contributed by atoms with van der Waals surface area (Å²) in [6.07, 6.45) is 3.12. The number of hydrogen-bond acceptors (Lipinski definition) is 4. The zero-order valence-electron chi connectivity index (χ0n) is 14.6. The number of amides is 1. The maximum absolute atomic E-state index is 14.2. The van der Waals surface area contributed by atoms with Crippen molar-refractivity contribution in [3.05, 3.63) is 54.1 Å². The molecule has 1 aliphatic heterocycles. The third-order valence-corrected chi connectivity index (χ3v) is 4.89. The maximum atomic E-state index is 14.2. The van der Waals surface area contributed by atoms with Gasteiger partial charge in [0.1, 0.15) is 11.4 Å². The van der Waals surface area contributed by atoms with Gasteiger partial charge in [0.15, 0.2) is 5.65 Å². The molecule has 1 amide bonds. The van der Waals surface area contributed by atoms with Crippen molar-refractivity contribution in [1.82, 2.24) is 24.4 Å². The quantitative estimate of drug-likeness (QED) is 0.725. The summed E-state index contributed by atoms with van der Waals surface area (Å²) < 4.78 is 15.7. The molecule has 1 fully saturated rings. The highest BCUT2D eigenvalue weighted by Gasteiger charge is 2.25. The molecule has 0 saturated carbocycles. The fourth-order valence-corrected chi connectivity index (χ4v) is 3.35. The molecular formula is C19H20FN5O. The van der Waals surface area contributed by atoms with Gasteiger partial charge in [-0.15, -0.1) is 0 Å². The number of rotatable bonds is 3. The molecule has 1 saturated heterocycles. The minimum Gasteiger partial charge on any atom is -0.336 e. The first-order valence-electron chi connectivity index (χ1n) is 8.78. The van der Waals surface area contributed by atoms with Crippen LogP contribution in [0.4, 0.5) is 4.39 Å². The standard InChI is InChI=1S/C19H20FN5O/c1-2-23-9-11-24(12-10-23)19(26)15-13-22-25-17(7-8-21-18(15)25)14-5-3-4-6-16(14)20/h3-8,13H,2,9-12H2,1H3. The summed E-state index contributed by atoms with van der Waals surface area (Å²) in [4.78, 5) is 21.4. The van der Waals surface area contributed by atoms with E-state index in [1.165, 1.54) is 16.8 Å². The Kier molecular flexibility index (Phi) is 4.38. The van der Waals surface area contributed by atoms with Crippen LogP contribution in [0.2, 0.25) is 0 Å². The molecule has 0 unspecified atom stereocenters. The second kappa shape index (κ2) is 6.84. The molecule has 0 spiro atoms. The molecule has 0 N–H and O–H groups in total. The van der Waals surface area contributed by atoms with Crippen molar-refractivity contribution < 1.29 is 9.18 Å². The Morgan fingerprint density at radius 2 is 1.92 bits per heavy atom. The van der Waals surface area contributed by atoms with Crippen LogP contribution in [0.5, 0.6) is 0 Å². The van der Waals surface area contributed by atoms with Gasteiger partial charge in [-0.1, -0.05) is 19.1 Å². The van der Waals surface area contributed by atoms with Crippen LogP contribution in [0.3, 0.4) is 0 Å². The van der Waals surface area contributed by atoms with E-state index in [0.29, 0.717) is 35.6 Å². The molecule has 26 heavy (non-hydrogen) atoms. The Balaban J connectivity index is 1.69. The van der Waals surface area contributed by atoms with E-state index in [4.69, 9.17) is 0 Å². The van der Waals surface area contributed by atoms with E-state index in [1.54, 1.807) is 30.5 Å². The molecule has 3 aromatic rings. The van der Waals surface area contributed by atoms with E-state index >= 15 is 0 Å². The summed E-state index contributed by atoms with van der Waals surface area (Å²) >= 11 is 0. The lowest BCUT2D eigenvalue weighted by Gasteiger charge is -2.33. The molecule has 2 aromatic heterocycles. The lowest BCUT2D eigenvalue weighted by atomic mass is 10.1. The molecule has 1 aromatic carbocycles.